The second-order valence-electron chi connectivity index (χ2n) is 5.34. The molecule has 0 radical (unpaired) electrons. The van der Waals surface area contributed by atoms with Gasteiger partial charge in [0.1, 0.15) is 0 Å². The van der Waals surface area contributed by atoms with Crippen molar-refractivity contribution in [2.75, 3.05) is 26.2 Å². The zero-order chi connectivity index (χ0) is 16.9. The maximum absolute atomic E-state index is 12.6. The number of benzene rings is 1. The van der Waals surface area contributed by atoms with Gasteiger partial charge in [-0.2, -0.15) is 4.31 Å². The minimum Gasteiger partial charge on any atom is -0.378 e. The number of para-hydroxylation sites is 1. The molecule has 0 aromatic heterocycles. The summed E-state index contributed by atoms with van der Waals surface area (Å²) in [5, 5.41) is 11.0. The molecule has 10 heteroatoms. The molecule has 24 heavy (non-hydrogen) atoms. The van der Waals surface area contributed by atoms with Crippen LogP contribution in [0.25, 0.3) is 0 Å². The average Bonchev–Trinajstić information content (AvgIpc) is 2.55. The number of nitrogens with zero attached hydrogens (tertiary/aromatic N) is 2. The average molecular weight is 380 g/mol. The topological polar surface area (TPSA) is 116 Å². The Labute approximate surface area is 147 Å². The predicted octanol–water partition coefficient (Wildman–Crippen LogP) is 1.54. The maximum Gasteiger partial charge on any atom is 0.289 e. The Morgan fingerprint density at radius 3 is 2.50 bits per heavy atom. The van der Waals surface area contributed by atoms with Crippen LogP contribution in [0.15, 0.2) is 29.2 Å². The number of halogens is 1. The third-order valence-corrected chi connectivity index (χ3v) is 5.73. The zero-order valence-electron chi connectivity index (χ0n) is 13.2. The van der Waals surface area contributed by atoms with E-state index in [2.05, 4.69) is 0 Å². The number of hydrogen-bond donors (Lipinski definition) is 1. The predicted molar refractivity (Wildman–Crippen MR) is 91.7 cm³/mol. The van der Waals surface area contributed by atoms with E-state index in [0.29, 0.717) is 39.1 Å². The highest BCUT2D eigenvalue weighted by Crippen LogP contribution is 2.28. The number of nitro groups is 1. The number of rotatable bonds is 7. The summed E-state index contributed by atoms with van der Waals surface area (Å²) in [6.45, 7) is 1.71. The van der Waals surface area contributed by atoms with Gasteiger partial charge in [0.2, 0.25) is 10.0 Å². The first kappa shape index (κ1) is 20.8. The van der Waals surface area contributed by atoms with Gasteiger partial charge in [0.05, 0.1) is 11.0 Å². The molecule has 0 atom stereocenters. The largest absolute Gasteiger partial charge is 0.378 e. The first-order chi connectivity index (χ1) is 11.0. The van der Waals surface area contributed by atoms with Crippen molar-refractivity contribution in [2.45, 2.75) is 30.3 Å². The zero-order valence-corrected chi connectivity index (χ0v) is 14.8. The van der Waals surface area contributed by atoms with Gasteiger partial charge < -0.3 is 10.5 Å². The van der Waals surface area contributed by atoms with Crippen LogP contribution in [0.1, 0.15) is 19.3 Å². The van der Waals surface area contributed by atoms with Crippen LogP contribution in [-0.2, 0) is 14.8 Å². The minimum absolute atomic E-state index is 0. The molecule has 2 N–H and O–H groups in total. The van der Waals surface area contributed by atoms with E-state index < -0.39 is 20.6 Å². The molecule has 0 amide bonds. The monoisotopic (exact) mass is 379 g/mol. The molecule has 0 unspecified atom stereocenters. The first-order valence-corrected chi connectivity index (χ1v) is 8.96. The lowest BCUT2D eigenvalue weighted by atomic mass is 10.1. The van der Waals surface area contributed by atoms with E-state index in [0.717, 1.165) is 6.42 Å². The fourth-order valence-corrected chi connectivity index (χ4v) is 4.16. The Hall–Kier alpha value is -1.26. The normalized spacial score (nSPS) is 16.5. The smallest absolute Gasteiger partial charge is 0.289 e. The van der Waals surface area contributed by atoms with Gasteiger partial charge in [0.25, 0.3) is 5.69 Å². The van der Waals surface area contributed by atoms with Crippen molar-refractivity contribution in [3.63, 3.8) is 0 Å². The van der Waals surface area contributed by atoms with E-state index in [1.807, 2.05) is 0 Å². The fourth-order valence-electron chi connectivity index (χ4n) is 2.54. The van der Waals surface area contributed by atoms with Crippen molar-refractivity contribution in [1.29, 1.82) is 0 Å². The van der Waals surface area contributed by atoms with Crippen LogP contribution in [0.4, 0.5) is 5.69 Å². The molecule has 0 saturated carbocycles. The summed E-state index contributed by atoms with van der Waals surface area (Å²) in [5.41, 5.74) is 5.01. The minimum atomic E-state index is -3.87. The van der Waals surface area contributed by atoms with Crippen LogP contribution in [0.2, 0.25) is 0 Å². The van der Waals surface area contributed by atoms with Gasteiger partial charge in [-0.3, -0.25) is 10.1 Å². The number of sulfonamides is 1. The molecule has 1 heterocycles. The van der Waals surface area contributed by atoms with E-state index in [-0.39, 0.29) is 23.4 Å². The molecule has 136 valence electrons. The molecular weight excluding hydrogens is 358 g/mol. The summed E-state index contributed by atoms with van der Waals surface area (Å²) in [6, 6.07) is 5.42. The van der Waals surface area contributed by atoms with E-state index in [9.17, 15) is 18.5 Å². The molecule has 8 nitrogen and oxygen atoms in total. The van der Waals surface area contributed by atoms with Crippen LogP contribution >= 0.6 is 12.4 Å². The lowest BCUT2D eigenvalue weighted by Crippen LogP contribution is -2.41. The summed E-state index contributed by atoms with van der Waals surface area (Å²) in [5.74, 6) is 0. The van der Waals surface area contributed by atoms with Gasteiger partial charge in [0, 0.05) is 25.8 Å². The third kappa shape index (κ3) is 4.87. The highest BCUT2D eigenvalue weighted by atomic mass is 35.5. The van der Waals surface area contributed by atoms with Crippen molar-refractivity contribution >= 4 is 28.1 Å². The van der Waals surface area contributed by atoms with E-state index in [1.165, 1.54) is 28.6 Å². The van der Waals surface area contributed by atoms with Crippen LogP contribution in [0, 0.1) is 10.1 Å². The molecule has 0 bridgehead atoms. The summed E-state index contributed by atoms with van der Waals surface area (Å²) < 4.78 is 32.2. The molecule has 1 aromatic carbocycles. The number of piperidine rings is 1. The second-order valence-corrected chi connectivity index (χ2v) is 7.25. The van der Waals surface area contributed by atoms with Crippen molar-refractivity contribution < 1.29 is 18.1 Å². The van der Waals surface area contributed by atoms with Crippen LogP contribution in [-0.4, -0.2) is 50.0 Å². The lowest BCUT2D eigenvalue weighted by Gasteiger charge is -2.31. The number of ether oxygens (including phenoxy) is 1. The molecule has 1 aliphatic rings. The van der Waals surface area contributed by atoms with Crippen molar-refractivity contribution in [3.8, 4) is 0 Å². The Morgan fingerprint density at radius 1 is 1.29 bits per heavy atom. The number of nitro benzene ring substituents is 1. The van der Waals surface area contributed by atoms with E-state index >= 15 is 0 Å². The third-order valence-electron chi connectivity index (χ3n) is 3.78. The SMILES string of the molecule is Cl.NCCCOC1CCN(S(=O)(=O)c2ccccc2[N+](=O)[O-])CC1. The lowest BCUT2D eigenvalue weighted by molar-refractivity contribution is -0.387. The summed E-state index contributed by atoms with van der Waals surface area (Å²) in [7, 11) is -3.87. The van der Waals surface area contributed by atoms with Gasteiger partial charge in [0.15, 0.2) is 4.90 Å². The van der Waals surface area contributed by atoms with Gasteiger partial charge in [-0.1, -0.05) is 12.1 Å². The first-order valence-electron chi connectivity index (χ1n) is 7.52. The molecule has 2 rings (SSSR count). The fraction of sp³-hybridized carbons (Fsp3) is 0.571. The summed E-state index contributed by atoms with van der Waals surface area (Å²) in [6.07, 6.45) is 1.93. The highest BCUT2D eigenvalue weighted by Gasteiger charge is 2.34. The molecule has 0 aliphatic carbocycles. The molecule has 0 spiro atoms. The van der Waals surface area contributed by atoms with E-state index in [1.54, 1.807) is 0 Å². The highest BCUT2D eigenvalue weighted by molar-refractivity contribution is 7.89. The maximum atomic E-state index is 12.6. The van der Waals surface area contributed by atoms with Gasteiger partial charge in [-0.25, -0.2) is 8.42 Å². The molecule has 1 saturated heterocycles. The van der Waals surface area contributed by atoms with Crippen LogP contribution < -0.4 is 5.73 Å². The molecular formula is C14H22ClN3O5S. The Kier molecular flexibility index (Phi) is 8.04. The van der Waals surface area contributed by atoms with E-state index in [4.69, 9.17) is 10.5 Å². The van der Waals surface area contributed by atoms with Gasteiger partial charge >= 0.3 is 0 Å². The number of nitrogens with two attached hydrogens (primary N) is 1. The van der Waals surface area contributed by atoms with Crippen LogP contribution in [0.5, 0.6) is 0 Å². The standard InChI is InChI=1S/C14H21N3O5S.ClH/c15-8-3-11-22-12-6-9-16(10-7-12)23(20,21)14-5-2-1-4-13(14)17(18)19;/h1-2,4-5,12H,3,6-11,15H2;1H. The second kappa shape index (κ2) is 9.28. The molecule has 1 aliphatic heterocycles. The van der Waals surface area contributed by atoms with Crippen molar-refractivity contribution in [1.82, 2.24) is 4.31 Å². The summed E-state index contributed by atoms with van der Waals surface area (Å²) in [4.78, 5) is 10.1. The summed E-state index contributed by atoms with van der Waals surface area (Å²) >= 11 is 0. The Morgan fingerprint density at radius 2 is 1.92 bits per heavy atom. The quantitative estimate of drug-likeness (QED) is 0.436. The van der Waals surface area contributed by atoms with Gasteiger partial charge in [-0.15, -0.1) is 12.4 Å². The Balaban J connectivity index is 0.00000288. The number of hydrogen-bond acceptors (Lipinski definition) is 6. The van der Waals surface area contributed by atoms with Crippen LogP contribution in [0.3, 0.4) is 0 Å². The Bertz CT molecular complexity index is 648. The van der Waals surface area contributed by atoms with Crippen molar-refractivity contribution in [3.05, 3.63) is 34.4 Å². The van der Waals surface area contributed by atoms with Crippen molar-refractivity contribution in [2.24, 2.45) is 5.73 Å². The van der Waals surface area contributed by atoms with Gasteiger partial charge in [-0.05, 0) is 31.9 Å². The molecule has 1 aromatic rings. The molecule has 1 fully saturated rings.